The van der Waals surface area contributed by atoms with Gasteiger partial charge in [0.25, 0.3) is 0 Å². The highest BCUT2D eigenvalue weighted by atomic mass is 14.2. The number of nitriles is 1. The number of hydrogen-bond donors (Lipinski definition) is 0. The molecule has 1 rings (SSSR count). The zero-order valence-electron chi connectivity index (χ0n) is 8.53. The van der Waals surface area contributed by atoms with Gasteiger partial charge in [-0.1, -0.05) is 49.8 Å². The number of rotatable bonds is 4. The lowest BCUT2D eigenvalue weighted by atomic mass is 10.1. The van der Waals surface area contributed by atoms with Crippen molar-refractivity contribution in [2.75, 3.05) is 0 Å². The van der Waals surface area contributed by atoms with Gasteiger partial charge in [-0.25, -0.2) is 0 Å². The SMILES string of the molecule is CCCc1ccc(C=CCC#N)cc1. The van der Waals surface area contributed by atoms with Gasteiger partial charge in [-0.15, -0.1) is 0 Å². The van der Waals surface area contributed by atoms with E-state index in [1.165, 1.54) is 17.5 Å². The first kappa shape index (κ1) is 10.5. The van der Waals surface area contributed by atoms with Gasteiger partial charge in [0, 0.05) is 0 Å². The summed E-state index contributed by atoms with van der Waals surface area (Å²) >= 11 is 0. The normalized spacial score (nSPS) is 10.3. The summed E-state index contributed by atoms with van der Waals surface area (Å²) in [5, 5.41) is 8.36. The van der Waals surface area contributed by atoms with Gasteiger partial charge >= 0.3 is 0 Å². The maximum atomic E-state index is 8.36. The van der Waals surface area contributed by atoms with E-state index in [0.29, 0.717) is 6.42 Å². The van der Waals surface area contributed by atoms with Gasteiger partial charge < -0.3 is 0 Å². The van der Waals surface area contributed by atoms with Crippen LogP contribution in [-0.2, 0) is 6.42 Å². The first-order valence-electron chi connectivity index (χ1n) is 4.99. The number of benzene rings is 1. The second kappa shape index (κ2) is 5.99. The molecule has 0 spiro atoms. The number of nitrogens with zero attached hydrogens (tertiary/aromatic N) is 1. The van der Waals surface area contributed by atoms with Crippen molar-refractivity contribution in [2.45, 2.75) is 26.2 Å². The highest BCUT2D eigenvalue weighted by molar-refractivity contribution is 5.49. The lowest BCUT2D eigenvalue weighted by Crippen LogP contribution is -1.82. The second-order valence-electron chi connectivity index (χ2n) is 3.26. The third-order valence-electron chi connectivity index (χ3n) is 2.04. The molecule has 0 fully saturated rings. The molecule has 0 aliphatic rings. The van der Waals surface area contributed by atoms with Crippen LogP contribution in [0.4, 0.5) is 0 Å². The fourth-order valence-electron chi connectivity index (χ4n) is 1.33. The van der Waals surface area contributed by atoms with Gasteiger partial charge in [0.2, 0.25) is 0 Å². The van der Waals surface area contributed by atoms with Crippen LogP contribution in [-0.4, -0.2) is 0 Å². The molecule has 1 aromatic carbocycles. The lowest BCUT2D eigenvalue weighted by Gasteiger charge is -1.98. The van der Waals surface area contributed by atoms with E-state index in [1.807, 2.05) is 12.2 Å². The summed E-state index contributed by atoms with van der Waals surface area (Å²) in [5.41, 5.74) is 2.55. The van der Waals surface area contributed by atoms with Gasteiger partial charge in [0.15, 0.2) is 0 Å². The van der Waals surface area contributed by atoms with Crippen molar-refractivity contribution in [3.8, 4) is 6.07 Å². The topological polar surface area (TPSA) is 23.8 Å². The van der Waals surface area contributed by atoms with E-state index in [0.717, 1.165) is 6.42 Å². The molecule has 0 N–H and O–H groups in total. The van der Waals surface area contributed by atoms with Crippen LogP contribution in [0, 0.1) is 11.3 Å². The average molecular weight is 185 g/mol. The molecule has 1 heteroatoms. The molecule has 0 bridgehead atoms. The first-order chi connectivity index (χ1) is 6.86. The Morgan fingerprint density at radius 2 is 2.00 bits per heavy atom. The highest BCUT2D eigenvalue weighted by Gasteiger charge is 1.90. The standard InChI is InChI=1S/C13H15N/c1-2-5-12-7-9-13(10-8-12)6-3-4-11-14/h3,6-10H,2,4-5H2,1H3. The second-order valence-corrected chi connectivity index (χ2v) is 3.26. The van der Waals surface area contributed by atoms with Gasteiger partial charge in [0.05, 0.1) is 12.5 Å². The predicted octanol–water partition coefficient (Wildman–Crippen LogP) is 3.57. The van der Waals surface area contributed by atoms with Crippen molar-refractivity contribution < 1.29 is 0 Å². The Morgan fingerprint density at radius 3 is 2.57 bits per heavy atom. The van der Waals surface area contributed by atoms with E-state index >= 15 is 0 Å². The van der Waals surface area contributed by atoms with Gasteiger partial charge in [0.1, 0.15) is 0 Å². The third kappa shape index (κ3) is 3.45. The maximum absolute atomic E-state index is 8.36. The molecule has 0 aromatic heterocycles. The molecule has 14 heavy (non-hydrogen) atoms. The number of hydrogen-bond acceptors (Lipinski definition) is 1. The summed E-state index contributed by atoms with van der Waals surface area (Å²) in [4.78, 5) is 0. The van der Waals surface area contributed by atoms with Crippen molar-refractivity contribution >= 4 is 6.08 Å². The summed E-state index contributed by atoms with van der Waals surface area (Å²) in [6.07, 6.45) is 6.68. The van der Waals surface area contributed by atoms with Crippen LogP contribution in [0.1, 0.15) is 30.9 Å². The molecule has 1 aromatic rings. The first-order valence-corrected chi connectivity index (χ1v) is 4.99. The summed E-state index contributed by atoms with van der Waals surface area (Å²) in [7, 11) is 0. The number of allylic oxidation sites excluding steroid dienone is 1. The van der Waals surface area contributed by atoms with Crippen LogP contribution in [0.25, 0.3) is 6.08 Å². The average Bonchev–Trinajstić information content (AvgIpc) is 2.21. The molecular formula is C13H15N. The smallest absolute Gasteiger partial charge is 0.0663 e. The monoisotopic (exact) mass is 185 g/mol. The Labute approximate surface area is 85.7 Å². The zero-order valence-corrected chi connectivity index (χ0v) is 8.53. The van der Waals surface area contributed by atoms with Crippen LogP contribution in [0.3, 0.4) is 0 Å². The molecule has 0 radical (unpaired) electrons. The fourth-order valence-corrected chi connectivity index (χ4v) is 1.33. The molecular weight excluding hydrogens is 170 g/mol. The lowest BCUT2D eigenvalue weighted by molar-refractivity contribution is 0.922. The van der Waals surface area contributed by atoms with E-state index in [4.69, 9.17) is 5.26 Å². The highest BCUT2D eigenvalue weighted by Crippen LogP contribution is 2.08. The summed E-state index contributed by atoms with van der Waals surface area (Å²) in [6.45, 7) is 2.18. The largest absolute Gasteiger partial charge is 0.198 e. The summed E-state index contributed by atoms with van der Waals surface area (Å²) < 4.78 is 0. The maximum Gasteiger partial charge on any atom is 0.0663 e. The molecule has 0 aliphatic carbocycles. The van der Waals surface area contributed by atoms with Crippen molar-refractivity contribution in [3.05, 3.63) is 41.5 Å². The molecule has 0 aliphatic heterocycles. The van der Waals surface area contributed by atoms with E-state index in [2.05, 4.69) is 37.3 Å². The van der Waals surface area contributed by atoms with E-state index in [9.17, 15) is 0 Å². The molecule has 0 unspecified atom stereocenters. The quantitative estimate of drug-likeness (QED) is 0.703. The van der Waals surface area contributed by atoms with Gasteiger partial charge in [-0.3, -0.25) is 0 Å². The van der Waals surface area contributed by atoms with Crippen molar-refractivity contribution in [3.63, 3.8) is 0 Å². The Bertz CT molecular complexity index is 327. The molecule has 0 saturated carbocycles. The van der Waals surface area contributed by atoms with E-state index in [1.54, 1.807) is 0 Å². The molecule has 1 nitrogen and oxygen atoms in total. The van der Waals surface area contributed by atoms with Gasteiger partial charge in [-0.05, 0) is 17.5 Å². The van der Waals surface area contributed by atoms with Crippen LogP contribution >= 0.6 is 0 Å². The molecule has 0 atom stereocenters. The third-order valence-corrected chi connectivity index (χ3v) is 2.04. The Kier molecular flexibility index (Phi) is 4.50. The minimum absolute atomic E-state index is 0.483. The fraction of sp³-hybridized carbons (Fsp3) is 0.308. The van der Waals surface area contributed by atoms with Crippen molar-refractivity contribution in [1.29, 1.82) is 5.26 Å². The van der Waals surface area contributed by atoms with Crippen LogP contribution in [0.5, 0.6) is 0 Å². The Morgan fingerprint density at radius 1 is 1.29 bits per heavy atom. The van der Waals surface area contributed by atoms with E-state index < -0.39 is 0 Å². The predicted molar refractivity (Wildman–Crippen MR) is 59.7 cm³/mol. The zero-order chi connectivity index (χ0) is 10.2. The molecule has 0 heterocycles. The summed E-state index contributed by atoms with van der Waals surface area (Å²) in [6, 6.07) is 10.6. The van der Waals surface area contributed by atoms with E-state index in [-0.39, 0.29) is 0 Å². The Hall–Kier alpha value is -1.55. The number of aryl methyl sites for hydroxylation is 1. The van der Waals surface area contributed by atoms with Crippen molar-refractivity contribution in [1.82, 2.24) is 0 Å². The minimum atomic E-state index is 0.483. The van der Waals surface area contributed by atoms with Crippen LogP contribution in [0.2, 0.25) is 0 Å². The van der Waals surface area contributed by atoms with Gasteiger partial charge in [-0.2, -0.15) is 5.26 Å². The van der Waals surface area contributed by atoms with Crippen LogP contribution in [0.15, 0.2) is 30.3 Å². The molecule has 0 saturated heterocycles. The summed E-state index contributed by atoms with van der Waals surface area (Å²) in [5.74, 6) is 0. The molecule has 0 amide bonds. The minimum Gasteiger partial charge on any atom is -0.198 e. The van der Waals surface area contributed by atoms with Crippen molar-refractivity contribution in [2.24, 2.45) is 0 Å². The molecule has 72 valence electrons. The van der Waals surface area contributed by atoms with Crippen LogP contribution < -0.4 is 0 Å². The Balaban J connectivity index is 2.60.